The van der Waals surface area contributed by atoms with Crippen LogP contribution in [0.15, 0.2) is 0 Å². The number of hydrogen-bond donors (Lipinski definition) is 0. The van der Waals surface area contributed by atoms with Gasteiger partial charge in [-0.15, -0.1) is 0 Å². The summed E-state index contributed by atoms with van der Waals surface area (Å²) in [6, 6.07) is 0. The van der Waals surface area contributed by atoms with Gasteiger partial charge in [-0.25, -0.2) is 0 Å². The van der Waals surface area contributed by atoms with Crippen LogP contribution >= 0.6 is 23.2 Å². The van der Waals surface area contributed by atoms with Gasteiger partial charge in [0.05, 0.1) is 0 Å². The van der Waals surface area contributed by atoms with E-state index in [2.05, 4.69) is 9.47 Å². The van der Waals surface area contributed by atoms with E-state index in [9.17, 15) is 26.3 Å². The van der Waals surface area contributed by atoms with Gasteiger partial charge in [0.2, 0.25) is 4.52 Å². The van der Waals surface area contributed by atoms with Gasteiger partial charge in [0.15, 0.2) is 0 Å². The summed E-state index contributed by atoms with van der Waals surface area (Å²) in [5, 5.41) is 0. The van der Waals surface area contributed by atoms with Crippen molar-refractivity contribution in [1.82, 2.24) is 0 Å². The summed E-state index contributed by atoms with van der Waals surface area (Å²) in [5.74, 6) is -4.76. The van der Waals surface area contributed by atoms with Crippen molar-refractivity contribution in [1.29, 1.82) is 0 Å². The van der Waals surface area contributed by atoms with E-state index in [1.165, 1.54) is 0 Å². The highest BCUT2D eigenvalue weighted by Crippen LogP contribution is 2.54. The quantitative estimate of drug-likeness (QED) is 0.501. The molecule has 1 fully saturated rings. The molecule has 0 aromatic carbocycles. The molecule has 0 N–H and O–H groups in total. The molecule has 1 aliphatic rings. The Bertz CT molecular complexity index is 245. The lowest BCUT2D eigenvalue weighted by Crippen LogP contribution is -2.58. The Hall–Kier alpha value is 0.0800. The molecule has 0 unspecified atom stereocenters. The van der Waals surface area contributed by atoms with Crippen molar-refractivity contribution in [3.05, 3.63) is 0 Å². The first-order valence-electron chi connectivity index (χ1n) is 3.27. The Morgan fingerprint density at radius 3 is 1.47 bits per heavy atom. The SMILES string of the molecule is FC(F)(F)C1(C(F)(F)F)OCC(Cl)(Cl)O1. The second-order valence-electron chi connectivity index (χ2n) is 2.64. The predicted octanol–water partition coefficient (Wildman–Crippen LogP) is 2.99. The van der Waals surface area contributed by atoms with Gasteiger partial charge in [0.25, 0.3) is 0 Å². The van der Waals surface area contributed by atoms with Crippen LogP contribution in [0.3, 0.4) is 0 Å². The van der Waals surface area contributed by atoms with Crippen molar-refractivity contribution >= 4 is 23.2 Å². The van der Waals surface area contributed by atoms with Crippen molar-refractivity contribution < 1.29 is 35.8 Å². The third-order valence-electron chi connectivity index (χ3n) is 1.48. The van der Waals surface area contributed by atoms with E-state index in [1.54, 1.807) is 0 Å². The Labute approximate surface area is 89.0 Å². The van der Waals surface area contributed by atoms with Gasteiger partial charge in [0, 0.05) is 0 Å². The van der Waals surface area contributed by atoms with Gasteiger partial charge in [-0.3, -0.25) is 4.74 Å². The van der Waals surface area contributed by atoms with Gasteiger partial charge in [-0.2, -0.15) is 26.3 Å². The number of alkyl halides is 8. The molecular formula is C5H2Cl2F6O2. The van der Waals surface area contributed by atoms with Gasteiger partial charge >= 0.3 is 18.1 Å². The highest BCUT2D eigenvalue weighted by molar-refractivity contribution is 6.47. The molecule has 0 amide bonds. The number of rotatable bonds is 0. The van der Waals surface area contributed by atoms with Crippen LogP contribution in [-0.2, 0) is 9.47 Å². The van der Waals surface area contributed by atoms with Gasteiger partial charge in [-0.05, 0) is 0 Å². The predicted molar refractivity (Wildman–Crippen MR) is 36.3 cm³/mol. The summed E-state index contributed by atoms with van der Waals surface area (Å²) >= 11 is 9.96. The average molecular weight is 279 g/mol. The van der Waals surface area contributed by atoms with Crippen molar-refractivity contribution in [2.45, 2.75) is 22.7 Å². The van der Waals surface area contributed by atoms with E-state index in [0.717, 1.165) is 0 Å². The maximum Gasteiger partial charge on any atom is 0.453 e. The summed E-state index contributed by atoms with van der Waals surface area (Å²) in [6.45, 7) is -1.24. The maximum atomic E-state index is 12.2. The monoisotopic (exact) mass is 278 g/mol. The molecule has 2 nitrogen and oxygen atoms in total. The van der Waals surface area contributed by atoms with E-state index < -0.39 is 29.3 Å². The molecule has 1 aliphatic heterocycles. The number of hydrogen-bond acceptors (Lipinski definition) is 2. The van der Waals surface area contributed by atoms with Gasteiger partial charge in [0.1, 0.15) is 6.61 Å². The highest BCUT2D eigenvalue weighted by Gasteiger charge is 2.79. The molecular weight excluding hydrogens is 277 g/mol. The van der Waals surface area contributed by atoms with E-state index in [1.807, 2.05) is 0 Å². The van der Waals surface area contributed by atoms with E-state index >= 15 is 0 Å². The second kappa shape index (κ2) is 3.28. The highest BCUT2D eigenvalue weighted by atomic mass is 35.5. The lowest BCUT2D eigenvalue weighted by molar-refractivity contribution is -0.442. The topological polar surface area (TPSA) is 18.5 Å². The fourth-order valence-electron chi connectivity index (χ4n) is 0.895. The zero-order valence-corrected chi connectivity index (χ0v) is 8.06. The Balaban J connectivity index is 3.13. The molecule has 0 radical (unpaired) electrons. The first-order chi connectivity index (χ1) is 6.41. The van der Waals surface area contributed by atoms with Crippen molar-refractivity contribution in [3.8, 4) is 0 Å². The minimum Gasteiger partial charge on any atom is -0.330 e. The summed E-state index contributed by atoms with van der Waals surface area (Å²) < 4.78 is 77.4. The molecule has 0 spiro atoms. The molecule has 90 valence electrons. The molecule has 0 saturated carbocycles. The largest absolute Gasteiger partial charge is 0.453 e. The zero-order chi connectivity index (χ0) is 12.1. The molecule has 0 aromatic heterocycles. The maximum absolute atomic E-state index is 12.2. The normalized spacial score (nSPS) is 25.6. The summed E-state index contributed by atoms with van der Waals surface area (Å²) in [7, 11) is 0. The summed E-state index contributed by atoms with van der Waals surface area (Å²) in [4.78, 5) is 0. The third-order valence-corrected chi connectivity index (χ3v) is 1.86. The molecule has 0 aliphatic carbocycles. The van der Waals surface area contributed by atoms with Gasteiger partial charge in [-0.1, -0.05) is 23.2 Å². The van der Waals surface area contributed by atoms with E-state index in [-0.39, 0.29) is 0 Å². The standard InChI is InChI=1S/C5H2Cl2F6O2/c6-2(7)1-14-3(15-2,4(8,9)10)5(11,12)13/h1H2. The molecule has 0 aromatic rings. The fraction of sp³-hybridized carbons (Fsp3) is 1.00. The molecule has 1 rings (SSSR count). The van der Waals surface area contributed by atoms with Crippen LogP contribution in [0.4, 0.5) is 26.3 Å². The van der Waals surface area contributed by atoms with E-state index in [0.29, 0.717) is 0 Å². The van der Waals surface area contributed by atoms with Crippen molar-refractivity contribution in [3.63, 3.8) is 0 Å². The zero-order valence-electron chi connectivity index (χ0n) is 6.55. The lowest BCUT2D eigenvalue weighted by Gasteiger charge is -2.31. The molecule has 0 bridgehead atoms. The number of halogens is 8. The summed E-state index contributed by atoms with van der Waals surface area (Å²) in [6.07, 6.45) is -11.6. The fourth-order valence-corrected chi connectivity index (χ4v) is 1.22. The van der Waals surface area contributed by atoms with Crippen LogP contribution in [-0.4, -0.2) is 29.3 Å². The average Bonchev–Trinajstić information content (AvgIpc) is 2.23. The first kappa shape index (κ1) is 13.1. The third kappa shape index (κ3) is 2.13. The molecule has 1 saturated heterocycles. The van der Waals surface area contributed by atoms with Crippen LogP contribution in [0, 0.1) is 0 Å². The molecule has 0 atom stereocenters. The second-order valence-corrected chi connectivity index (χ2v) is 4.05. The van der Waals surface area contributed by atoms with Crippen LogP contribution in [0.5, 0.6) is 0 Å². The molecule has 10 heteroatoms. The minimum atomic E-state index is -5.82. The van der Waals surface area contributed by atoms with Crippen LogP contribution < -0.4 is 0 Å². The number of ether oxygens (including phenoxy) is 2. The van der Waals surface area contributed by atoms with Crippen LogP contribution in [0.25, 0.3) is 0 Å². The Kier molecular flexibility index (Phi) is 2.88. The van der Waals surface area contributed by atoms with Crippen molar-refractivity contribution in [2.75, 3.05) is 6.61 Å². The Morgan fingerprint density at radius 1 is 0.933 bits per heavy atom. The van der Waals surface area contributed by atoms with Crippen molar-refractivity contribution in [2.24, 2.45) is 0 Å². The molecule has 1 heterocycles. The first-order valence-corrected chi connectivity index (χ1v) is 4.02. The van der Waals surface area contributed by atoms with Gasteiger partial charge < -0.3 is 4.74 Å². The van der Waals surface area contributed by atoms with Crippen LogP contribution in [0.1, 0.15) is 0 Å². The van der Waals surface area contributed by atoms with Crippen LogP contribution in [0.2, 0.25) is 0 Å². The molecule has 15 heavy (non-hydrogen) atoms. The van der Waals surface area contributed by atoms with E-state index in [4.69, 9.17) is 23.2 Å². The summed E-state index contributed by atoms with van der Waals surface area (Å²) in [5.41, 5.74) is 0. The smallest absolute Gasteiger partial charge is 0.330 e. The Morgan fingerprint density at radius 2 is 1.33 bits per heavy atom. The lowest BCUT2D eigenvalue weighted by atomic mass is 10.2. The minimum absolute atomic E-state index is 1.24.